The minimum Gasteiger partial charge on any atom is -0.481 e. The average molecular weight is 177 g/mol. The molecular weight excluding hydrogens is 166 g/mol. The van der Waals surface area contributed by atoms with Gasteiger partial charge in [0.05, 0.1) is 7.11 Å². The van der Waals surface area contributed by atoms with Crippen molar-refractivity contribution in [2.45, 2.75) is 6.92 Å². The highest BCUT2D eigenvalue weighted by molar-refractivity contribution is 5.91. The molecule has 0 atom stereocenters. The number of ether oxygens (including phenoxy) is 1. The summed E-state index contributed by atoms with van der Waals surface area (Å²) in [6.07, 6.45) is 4.82. The molecule has 0 spiro atoms. The predicted octanol–water partition coefficient (Wildman–Crippen LogP) is 1.69. The number of allylic oxidation sites excluding steroid dienone is 1. The van der Waals surface area contributed by atoms with Gasteiger partial charge in [-0.2, -0.15) is 0 Å². The Bertz CT molecular complexity index is 331. The van der Waals surface area contributed by atoms with Gasteiger partial charge in [0, 0.05) is 11.8 Å². The molecule has 0 bridgehead atoms. The number of rotatable bonds is 3. The van der Waals surface area contributed by atoms with E-state index in [2.05, 4.69) is 4.98 Å². The van der Waals surface area contributed by atoms with Crippen LogP contribution < -0.4 is 4.74 Å². The molecule has 0 unspecified atom stereocenters. The zero-order valence-electron chi connectivity index (χ0n) is 7.65. The van der Waals surface area contributed by atoms with E-state index >= 15 is 0 Å². The molecule has 0 N–H and O–H groups in total. The lowest BCUT2D eigenvalue weighted by molar-refractivity contribution is -0.112. The summed E-state index contributed by atoms with van der Waals surface area (Å²) in [7, 11) is 1.55. The van der Waals surface area contributed by atoms with E-state index in [-0.39, 0.29) is 5.78 Å². The average Bonchev–Trinajstić information content (AvgIpc) is 2.15. The quantitative estimate of drug-likeness (QED) is 0.659. The van der Waals surface area contributed by atoms with Crippen LogP contribution in [0.3, 0.4) is 0 Å². The smallest absolute Gasteiger partial charge is 0.220 e. The van der Waals surface area contributed by atoms with E-state index in [4.69, 9.17) is 4.74 Å². The third kappa shape index (κ3) is 2.71. The van der Waals surface area contributed by atoms with Gasteiger partial charge in [-0.1, -0.05) is 0 Å². The van der Waals surface area contributed by atoms with E-state index in [1.807, 2.05) is 6.07 Å². The van der Waals surface area contributed by atoms with Gasteiger partial charge in [-0.25, -0.2) is 4.98 Å². The topological polar surface area (TPSA) is 39.2 Å². The molecule has 0 aliphatic rings. The van der Waals surface area contributed by atoms with Crippen LogP contribution in [0.25, 0.3) is 6.08 Å². The van der Waals surface area contributed by atoms with Crippen LogP contribution >= 0.6 is 0 Å². The fourth-order valence-electron chi connectivity index (χ4n) is 0.908. The maximum absolute atomic E-state index is 10.7. The second-order valence-electron chi connectivity index (χ2n) is 2.55. The molecule has 0 aliphatic carbocycles. The van der Waals surface area contributed by atoms with Crippen molar-refractivity contribution in [3.8, 4) is 5.88 Å². The third-order valence-electron chi connectivity index (χ3n) is 1.49. The molecule has 0 amide bonds. The molecule has 1 rings (SSSR count). The number of pyridine rings is 1. The number of carbonyl (C=O) groups is 1. The number of carbonyl (C=O) groups excluding carboxylic acids is 1. The van der Waals surface area contributed by atoms with Crippen LogP contribution in [0.2, 0.25) is 0 Å². The Morgan fingerprint density at radius 2 is 2.38 bits per heavy atom. The number of ketones is 1. The molecule has 13 heavy (non-hydrogen) atoms. The molecule has 0 fully saturated rings. The van der Waals surface area contributed by atoms with Gasteiger partial charge in [0.25, 0.3) is 0 Å². The van der Waals surface area contributed by atoms with Crippen molar-refractivity contribution < 1.29 is 9.53 Å². The largest absolute Gasteiger partial charge is 0.481 e. The number of hydrogen-bond acceptors (Lipinski definition) is 3. The van der Waals surface area contributed by atoms with Crippen molar-refractivity contribution in [1.29, 1.82) is 0 Å². The molecule has 3 heteroatoms. The first-order valence-corrected chi connectivity index (χ1v) is 3.91. The fraction of sp³-hybridized carbons (Fsp3) is 0.200. The fourth-order valence-corrected chi connectivity index (χ4v) is 0.908. The Labute approximate surface area is 77.1 Å². The second kappa shape index (κ2) is 4.40. The number of nitrogens with zero attached hydrogens (tertiary/aromatic N) is 1. The van der Waals surface area contributed by atoms with Crippen molar-refractivity contribution >= 4 is 11.9 Å². The lowest BCUT2D eigenvalue weighted by atomic mass is 10.2. The van der Waals surface area contributed by atoms with E-state index in [1.165, 1.54) is 13.0 Å². The van der Waals surface area contributed by atoms with Crippen molar-refractivity contribution in [2.75, 3.05) is 7.11 Å². The number of methoxy groups -OCH3 is 1. The van der Waals surface area contributed by atoms with Crippen LogP contribution in [0, 0.1) is 0 Å². The Kier molecular flexibility index (Phi) is 3.20. The first-order valence-electron chi connectivity index (χ1n) is 3.91. The van der Waals surface area contributed by atoms with Crippen molar-refractivity contribution in [2.24, 2.45) is 0 Å². The molecule has 0 saturated heterocycles. The standard InChI is InChI=1S/C10H11NO2/c1-8(12)5-6-9-4-3-7-11-10(9)13-2/h3-7H,1-2H3/b6-5+. The molecule has 0 radical (unpaired) electrons. The summed E-state index contributed by atoms with van der Waals surface area (Å²) in [5.41, 5.74) is 0.806. The summed E-state index contributed by atoms with van der Waals surface area (Å²) < 4.78 is 5.00. The maximum atomic E-state index is 10.7. The molecule has 1 aromatic rings. The van der Waals surface area contributed by atoms with Crippen molar-refractivity contribution in [3.05, 3.63) is 30.0 Å². The van der Waals surface area contributed by atoms with Gasteiger partial charge in [-0.15, -0.1) is 0 Å². The molecule has 0 saturated carbocycles. The Morgan fingerprint density at radius 1 is 1.62 bits per heavy atom. The zero-order valence-corrected chi connectivity index (χ0v) is 7.65. The summed E-state index contributed by atoms with van der Waals surface area (Å²) in [5, 5.41) is 0. The Balaban J connectivity index is 2.93. The van der Waals surface area contributed by atoms with E-state index in [0.29, 0.717) is 5.88 Å². The lowest BCUT2D eigenvalue weighted by Crippen LogP contribution is -1.90. The predicted molar refractivity (Wildman–Crippen MR) is 50.5 cm³/mol. The van der Waals surface area contributed by atoms with Crippen LogP contribution in [-0.4, -0.2) is 17.9 Å². The van der Waals surface area contributed by atoms with E-state index in [1.54, 1.807) is 25.4 Å². The van der Waals surface area contributed by atoms with Gasteiger partial charge in [0.2, 0.25) is 5.88 Å². The molecular formula is C10H11NO2. The van der Waals surface area contributed by atoms with Gasteiger partial charge in [0.15, 0.2) is 5.78 Å². The summed E-state index contributed by atoms with van der Waals surface area (Å²) in [6.45, 7) is 1.50. The zero-order chi connectivity index (χ0) is 9.68. The van der Waals surface area contributed by atoms with Gasteiger partial charge in [0.1, 0.15) is 0 Å². The van der Waals surface area contributed by atoms with Crippen LogP contribution in [0.1, 0.15) is 12.5 Å². The summed E-state index contributed by atoms with van der Waals surface area (Å²) in [4.78, 5) is 14.7. The Hall–Kier alpha value is -1.64. The molecule has 1 heterocycles. The highest BCUT2D eigenvalue weighted by atomic mass is 16.5. The first kappa shape index (κ1) is 9.45. The van der Waals surface area contributed by atoms with Crippen LogP contribution in [0.4, 0.5) is 0 Å². The molecule has 3 nitrogen and oxygen atoms in total. The Morgan fingerprint density at radius 3 is 3.00 bits per heavy atom. The monoisotopic (exact) mass is 177 g/mol. The lowest BCUT2D eigenvalue weighted by Gasteiger charge is -2.00. The number of aromatic nitrogens is 1. The normalized spacial score (nSPS) is 10.3. The van der Waals surface area contributed by atoms with Crippen molar-refractivity contribution in [1.82, 2.24) is 4.98 Å². The minimum atomic E-state index is 0.00547. The van der Waals surface area contributed by atoms with Crippen LogP contribution in [0.5, 0.6) is 5.88 Å². The second-order valence-corrected chi connectivity index (χ2v) is 2.55. The van der Waals surface area contributed by atoms with Gasteiger partial charge in [-0.3, -0.25) is 4.79 Å². The summed E-state index contributed by atoms with van der Waals surface area (Å²) in [5.74, 6) is 0.533. The van der Waals surface area contributed by atoms with Gasteiger partial charge >= 0.3 is 0 Å². The molecule has 68 valence electrons. The van der Waals surface area contributed by atoms with Gasteiger partial charge < -0.3 is 4.74 Å². The number of hydrogen-bond donors (Lipinski definition) is 0. The van der Waals surface area contributed by atoms with Crippen LogP contribution in [0.15, 0.2) is 24.4 Å². The summed E-state index contributed by atoms with van der Waals surface area (Å²) >= 11 is 0. The molecule has 1 aromatic heterocycles. The van der Waals surface area contributed by atoms with Gasteiger partial charge in [-0.05, 0) is 31.2 Å². The van der Waals surface area contributed by atoms with Crippen molar-refractivity contribution in [3.63, 3.8) is 0 Å². The third-order valence-corrected chi connectivity index (χ3v) is 1.49. The SMILES string of the molecule is COc1ncccc1/C=C/C(C)=O. The highest BCUT2D eigenvalue weighted by Crippen LogP contribution is 2.14. The molecule has 0 aromatic carbocycles. The highest BCUT2D eigenvalue weighted by Gasteiger charge is 1.97. The minimum absolute atomic E-state index is 0.00547. The maximum Gasteiger partial charge on any atom is 0.220 e. The first-order chi connectivity index (χ1) is 6.24. The molecule has 0 aliphatic heterocycles. The van der Waals surface area contributed by atoms with E-state index < -0.39 is 0 Å². The van der Waals surface area contributed by atoms with E-state index in [0.717, 1.165) is 5.56 Å². The summed E-state index contributed by atoms with van der Waals surface area (Å²) in [6, 6.07) is 3.63. The van der Waals surface area contributed by atoms with E-state index in [9.17, 15) is 4.79 Å². The van der Waals surface area contributed by atoms with Crippen LogP contribution in [-0.2, 0) is 4.79 Å².